The molecule has 2 aromatic carbocycles. The normalized spacial score (nSPS) is 12.4. The Labute approximate surface area is 114 Å². The molecule has 1 unspecified atom stereocenters. The largest absolute Gasteiger partial charge is 0.320 e. The van der Waals surface area contributed by atoms with Gasteiger partial charge in [-0.2, -0.15) is 0 Å². The van der Waals surface area contributed by atoms with Crippen molar-refractivity contribution in [2.75, 3.05) is 0 Å². The molecule has 0 spiro atoms. The topological polar surface area (TPSA) is 26.0 Å². The van der Waals surface area contributed by atoms with Crippen LogP contribution in [-0.2, 0) is 0 Å². The Morgan fingerprint density at radius 1 is 1.00 bits per heavy atom. The van der Waals surface area contributed by atoms with Crippen LogP contribution in [0.5, 0.6) is 0 Å². The molecule has 82 valence electrons. The lowest BCUT2D eigenvalue weighted by Crippen LogP contribution is -2.12. The summed E-state index contributed by atoms with van der Waals surface area (Å²) in [4.78, 5) is 0. The molecule has 2 rings (SSSR count). The van der Waals surface area contributed by atoms with Crippen molar-refractivity contribution in [3.63, 3.8) is 0 Å². The quantitative estimate of drug-likeness (QED) is 0.820. The molecule has 2 N–H and O–H groups in total. The fourth-order valence-electron chi connectivity index (χ4n) is 1.58. The molecule has 2 aromatic rings. The second-order valence-electron chi connectivity index (χ2n) is 3.55. The number of benzene rings is 2. The Kier molecular flexibility index (Phi) is 3.84. The number of rotatable bonds is 2. The summed E-state index contributed by atoms with van der Waals surface area (Å²) in [6.45, 7) is 0. The summed E-state index contributed by atoms with van der Waals surface area (Å²) in [6, 6.07) is 15.7. The monoisotopic (exact) mass is 343 g/mol. The van der Waals surface area contributed by atoms with Crippen LogP contribution in [0.4, 0.5) is 0 Å². The lowest BCUT2D eigenvalue weighted by Gasteiger charge is -2.14. The second-order valence-corrected chi connectivity index (χ2v) is 5.20. The van der Waals surface area contributed by atoms with Crippen LogP contribution in [-0.4, -0.2) is 0 Å². The van der Waals surface area contributed by atoms with Crippen LogP contribution in [0.3, 0.4) is 0 Å². The third-order valence-corrected chi connectivity index (χ3v) is 3.53. The molecular weight excluding hydrogens is 333 g/mol. The third kappa shape index (κ3) is 2.56. The van der Waals surface area contributed by atoms with Crippen molar-refractivity contribution in [1.82, 2.24) is 0 Å². The Morgan fingerprint density at radius 2 is 1.62 bits per heavy atom. The van der Waals surface area contributed by atoms with Gasteiger partial charge in [0.15, 0.2) is 0 Å². The number of halogens is 2. The molecule has 1 atom stereocenters. The van der Waals surface area contributed by atoms with Gasteiger partial charge < -0.3 is 5.73 Å². The maximum atomic E-state index is 6.18. The predicted molar refractivity (Wildman–Crippen MR) is 76.6 cm³/mol. The van der Waals surface area contributed by atoms with Gasteiger partial charge in [0.2, 0.25) is 0 Å². The van der Waals surface area contributed by atoms with E-state index in [-0.39, 0.29) is 6.04 Å². The third-order valence-electron chi connectivity index (χ3n) is 2.47. The summed E-state index contributed by atoms with van der Waals surface area (Å²) in [6.07, 6.45) is 0. The fraction of sp³-hybridized carbons (Fsp3) is 0.0769. The van der Waals surface area contributed by atoms with Gasteiger partial charge in [-0.15, -0.1) is 0 Å². The lowest BCUT2D eigenvalue weighted by atomic mass is 10.00. The number of nitrogens with two attached hydrogens (primary N) is 1. The molecule has 0 aliphatic rings. The van der Waals surface area contributed by atoms with Crippen LogP contribution in [0.2, 0.25) is 5.02 Å². The van der Waals surface area contributed by atoms with E-state index in [4.69, 9.17) is 17.3 Å². The minimum Gasteiger partial charge on any atom is -0.320 e. The summed E-state index contributed by atoms with van der Waals surface area (Å²) >= 11 is 8.39. The molecule has 3 heteroatoms. The molecule has 0 fully saturated rings. The molecule has 0 aliphatic heterocycles. The first-order chi connectivity index (χ1) is 7.68. The smallest absolute Gasteiger partial charge is 0.0566 e. The van der Waals surface area contributed by atoms with E-state index in [2.05, 4.69) is 22.6 Å². The first-order valence-electron chi connectivity index (χ1n) is 4.94. The zero-order valence-electron chi connectivity index (χ0n) is 8.53. The van der Waals surface area contributed by atoms with Gasteiger partial charge in [-0.1, -0.05) is 41.9 Å². The minimum absolute atomic E-state index is 0.161. The van der Waals surface area contributed by atoms with E-state index in [1.807, 2.05) is 48.5 Å². The molecule has 1 nitrogen and oxygen atoms in total. The summed E-state index contributed by atoms with van der Waals surface area (Å²) in [5.74, 6) is 0. The van der Waals surface area contributed by atoms with Gasteiger partial charge in [-0.05, 0) is 51.9 Å². The van der Waals surface area contributed by atoms with Crippen molar-refractivity contribution in [1.29, 1.82) is 0 Å². The Bertz CT molecular complexity index is 482. The average molecular weight is 344 g/mol. The van der Waals surface area contributed by atoms with Gasteiger partial charge >= 0.3 is 0 Å². The van der Waals surface area contributed by atoms with Crippen molar-refractivity contribution in [3.05, 3.63) is 68.3 Å². The molecule has 0 aliphatic carbocycles. The summed E-state index contributed by atoms with van der Waals surface area (Å²) in [5.41, 5.74) is 8.22. The van der Waals surface area contributed by atoms with Gasteiger partial charge in [0.25, 0.3) is 0 Å². The van der Waals surface area contributed by atoms with E-state index >= 15 is 0 Å². The fourth-order valence-corrected chi connectivity index (χ4v) is 2.19. The highest BCUT2D eigenvalue weighted by atomic mass is 127. The number of hydrogen-bond acceptors (Lipinski definition) is 1. The van der Waals surface area contributed by atoms with Crippen molar-refractivity contribution in [3.8, 4) is 0 Å². The highest BCUT2D eigenvalue weighted by Crippen LogP contribution is 2.26. The van der Waals surface area contributed by atoms with Gasteiger partial charge in [0.1, 0.15) is 0 Å². The SMILES string of the molecule is NC(c1ccc(I)cc1)c1ccccc1Cl. The van der Waals surface area contributed by atoms with Gasteiger partial charge in [0.05, 0.1) is 6.04 Å². The summed E-state index contributed by atoms with van der Waals surface area (Å²) < 4.78 is 1.20. The van der Waals surface area contributed by atoms with Crippen LogP contribution in [0.25, 0.3) is 0 Å². The van der Waals surface area contributed by atoms with Gasteiger partial charge in [0, 0.05) is 8.59 Å². The zero-order chi connectivity index (χ0) is 11.5. The minimum atomic E-state index is -0.161. The van der Waals surface area contributed by atoms with Crippen molar-refractivity contribution >= 4 is 34.2 Å². The maximum Gasteiger partial charge on any atom is 0.0566 e. The van der Waals surface area contributed by atoms with E-state index in [1.165, 1.54) is 3.57 Å². The summed E-state index contributed by atoms with van der Waals surface area (Å²) in [5, 5.41) is 0.716. The standard InChI is InChI=1S/C13H11ClIN/c14-12-4-2-1-3-11(12)13(16)9-5-7-10(15)8-6-9/h1-8,13H,16H2. The average Bonchev–Trinajstić information content (AvgIpc) is 2.30. The van der Waals surface area contributed by atoms with E-state index in [1.54, 1.807) is 0 Å². The number of hydrogen-bond donors (Lipinski definition) is 1. The molecule has 0 amide bonds. The van der Waals surface area contributed by atoms with Crippen LogP contribution in [0.1, 0.15) is 17.2 Å². The first kappa shape index (κ1) is 11.9. The Balaban J connectivity index is 2.35. The molecule has 0 radical (unpaired) electrons. The van der Waals surface area contributed by atoms with Gasteiger partial charge in [-0.25, -0.2) is 0 Å². The van der Waals surface area contributed by atoms with Crippen LogP contribution >= 0.6 is 34.2 Å². The highest BCUT2D eigenvalue weighted by molar-refractivity contribution is 14.1. The van der Waals surface area contributed by atoms with E-state index in [0.29, 0.717) is 5.02 Å². The van der Waals surface area contributed by atoms with E-state index in [0.717, 1.165) is 11.1 Å². The molecule has 0 saturated heterocycles. The highest BCUT2D eigenvalue weighted by Gasteiger charge is 2.11. The molecule has 16 heavy (non-hydrogen) atoms. The van der Waals surface area contributed by atoms with E-state index in [9.17, 15) is 0 Å². The van der Waals surface area contributed by atoms with Crippen LogP contribution < -0.4 is 5.73 Å². The van der Waals surface area contributed by atoms with E-state index < -0.39 is 0 Å². The predicted octanol–water partition coefficient (Wildman–Crippen LogP) is 3.99. The molecular formula is C13H11ClIN. The van der Waals surface area contributed by atoms with Crippen molar-refractivity contribution < 1.29 is 0 Å². The van der Waals surface area contributed by atoms with Crippen molar-refractivity contribution in [2.24, 2.45) is 5.73 Å². The molecule has 0 bridgehead atoms. The van der Waals surface area contributed by atoms with Gasteiger partial charge in [-0.3, -0.25) is 0 Å². The van der Waals surface area contributed by atoms with Crippen LogP contribution in [0.15, 0.2) is 48.5 Å². The molecule has 0 aromatic heterocycles. The molecule has 0 saturated carbocycles. The molecule has 0 heterocycles. The maximum absolute atomic E-state index is 6.18. The lowest BCUT2D eigenvalue weighted by molar-refractivity contribution is 0.871. The second kappa shape index (κ2) is 5.17. The Hall–Kier alpha value is -0.580. The first-order valence-corrected chi connectivity index (χ1v) is 6.39. The van der Waals surface area contributed by atoms with Crippen molar-refractivity contribution in [2.45, 2.75) is 6.04 Å². The summed E-state index contributed by atoms with van der Waals surface area (Å²) in [7, 11) is 0. The van der Waals surface area contributed by atoms with Crippen LogP contribution in [0, 0.1) is 3.57 Å². The Morgan fingerprint density at radius 3 is 2.25 bits per heavy atom. The zero-order valence-corrected chi connectivity index (χ0v) is 11.4.